The fourth-order valence-electron chi connectivity index (χ4n) is 1.69. The minimum Gasteiger partial charge on any atom is -0.324 e. The molecular weight excluding hydrogens is 194 g/mol. The Morgan fingerprint density at radius 3 is 2.25 bits per heavy atom. The predicted molar refractivity (Wildman–Crippen MR) is 71.5 cm³/mol. The highest BCUT2D eigenvalue weighted by molar-refractivity contribution is 5.29. The van der Waals surface area contributed by atoms with Gasteiger partial charge >= 0.3 is 0 Å². The van der Waals surface area contributed by atoms with Crippen LogP contribution < -0.4 is 5.73 Å². The lowest BCUT2D eigenvalue weighted by atomic mass is 9.86. The van der Waals surface area contributed by atoms with Gasteiger partial charge in [0.15, 0.2) is 0 Å². The van der Waals surface area contributed by atoms with E-state index >= 15 is 0 Å². The Balaban J connectivity index is 2.74. The Morgan fingerprint density at radius 1 is 1.25 bits per heavy atom. The quantitative estimate of drug-likeness (QED) is 0.759. The largest absolute Gasteiger partial charge is 0.324 e. The summed E-state index contributed by atoms with van der Waals surface area (Å²) in [5.41, 5.74) is 8.88. The Kier molecular flexibility index (Phi) is 4.31. The summed E-state index contributed by atoms with van der Waals surface area (Å²) >= 11 is 0. The molecule has 2 N–H and O–H groups in total. The van der Waals surface area contributed by atoms with Gasteiger partial charge in [-0.25, -0.2) is 0 Å². The zero-order valence-corrected chi connectivity index (χ0v) is 10.7. The number of nitrogens with two attached hydrogens (primary N) is 1. The van der Waals surface area contributed by atoms with E-state index < -0.39 is 0 Å². The highest BCUT2D eigenvalue weighted by Gasteiger charge is 2.13. The van der Waals surface area contributed by atoms with Crippen LogP contribution in [0.5, 0.6) is 0 Å². The molecule has 0 spiro atoms. The summed E-state index contributed by atoms with van der Waals surface area (Å²) in [6.07, 6.45) is 3.87. The van der Waals surface area contributed by atoms with Crippen LogP contribution in [0.1, 0.15) is 50.8 Å². The van der Waals surface area contributed by atoms with Gasteiger partial charge in [-0.1, -0.05) is 51.1 Å². The van der Waals surface area contributed by atoms with Crippen molar-refractivity contribution in [3.63, 3.8) is 0 Å². The molecule has 1 unspecified atom stereocenters. The topological polar surface area (TPSA) is 26.0 Å². The zero-order chi connectivity index (χ0) is 12.2. The van der Waals surface area contributed by atoms with E-state index in [-0.39, 0.29) is 11.5 Å². The van der Waals surface area contributed by atoms with E-state index in [4.69, 9.17) is 5.73 Å². The molecule has 1 heteroatoms. The molecule has 0 aromatic heterocycles. The predicted octanol–water partition coefficient (Wildman–Crippen LogP) is 3.95. The van der Waals surface area contributed by atoms with E-state index in [2.05, 4.69) is 51.6 Å². The first-order chi connectivity index (χ1) is 7.45. The van der Waals surface area contributed by atoms with Crippen LogP contribution >= 0.6 is 0 Å². The lowest BCUT2D eigenvalue weighted by molar-refractivity contribution is 0.588. The summed E-state index contributed by atoms with van der Waals surface area (Å²) in [5.74, 6) is 0. The molecule has 1 nitrogen and oxygen atoms in total. The lowest BCUT2D eigenvalue weighted by Gasteiger charge is -2.20. The van der Waals surface area contributed by atoms with Gasteiger partial charge in [0.25, 0.3) is 0 Å². The van der Waals surface area contributed by atoms with E-state index in [9.17, 15) is 0 Å². The lowest BCUT2D eigenvalue weighted by Crippen LogP contribution is -2.13. The molecule has 0 bridgehead atoms. The summed E-state index contributed by atoms with van der Waals surface area (Å²) in [4.78, 5) is 0. The third-order valence-corrected chi connectivity index (χ3v) is 2.89. The molecule has 0 aliphatic heterocycles. The summed E-state index contributed by atoms with van der Waals surface area (Å²) < 4.78 is 0. The van der Waals surface area contributed by atoms with E-state index in [1.807, 2.05) is 6.08 Å². The standard InChI is InChI=1S/C15H23N/c1-5-6-7-14(16)12-8-10-13(11-9-12)15(2,3)4/h5,8-11,14H,1,6-7,16H2,2-4H3. The van der Waals surface area contributed by atoms with Crippen molar-refractivity contribution >= 4 is 0 Å². The smallest absolute Gasteiger partial charge is 0.0297 e. The number of benzene rings is 1. The fourth-order valence-corrected chi connectivity index (χ4v) is 1.69. The molecule has 0 amide bonds. The van der Waals surface area contributed by atoms with E-state index in [0.29, 0.717) is 0 Å². The SMILES string of the molecule is C=CCCC(N)c1ccc(C(C)(C)C)cc1. The minimum absolute atomic E-state index is 0.131. The third-order valence-electron chi connectivity index (χ3n) is 2.89. The van der Waals surface area contributed by atoms with Crippen LogP contribution in [0.15, 0.2) is 36.9 Å². The van der Waals surface area contributed by atoms with E-state index in [1.54, 1.807) is 0 Å². The van der Waals surface area contributed by atoms with Gasteiger partial charge in [0, 0.05) is 6.04 Å². The van der Waals surface area contributed by atoms with Crippen molar-refractivity contribution in [1.82, 2.24) is 0 Å². The maximum Gasteiger partial charge on any atom is 0.0297 e. The van der Waals surface area contributed by atoms with Gasteiger partial charge in [-0.15, -0.1) is 6.58 Å². The molecule has 1 atom stereocenters. The van der Waals surface area contributed by atoms with Crippen molar-refractivity contribution in [3.05, 3.63) is 48.0 Å². The van der Waals surface area contributed by atoms with Crippen molar-refractivity contribution in [2.75, 3.05) is 0 Å². The molecule has 1 rings (SSSR count). The van der Waals surface area contributed by atoms with Gasteiger partial charge < -0.3 is 5.73 Å². The van der Waals surface area contributed by atoms with Crippen LogP contribution in [0.25, 0.3) is 0 Å². The van der Waals surface area contributed by atoms with Crippen LogP contribution in [0.2, 0.25) is 0 Å². The van der Waals surface area contributed by atoms with Crippen molar-refractivity contribution < 1.29 is 0 Å². The molecule has 1 aromatic carbocycles. The second kappa shape index (κ2) is 5.31. The molecule has 0 aliphatic rings. The molecule has 16 heavy (non-hydrogen) atoms. The van der Waals surface area contributed by atoms with Crippen LogP contribution in [0.4, 0.5) is 0 Å². The summed E-state index contributed by atoms with van der Waals surface area (Å²) in [6.45, 7) is 10.4. The summed E-state index contributed by atoms with van der Waals surface area (Å²) in [5, 5.41) is 0. The number of allylic oxidation sites excluding steroid dienone is 1. The monoisotopic (exact) mass is 217 g/mol. The van der Waals surface area contributed by atoms with Gasteiger partial charge in [-0.05, 0) is 29.4 Å². The molecule has 1 aromatic rings. The van der Waals surface area contributed by atoms with Crippen LogP contribution in [0.3, 0.4) is 0 Å². The van der Waals surface area contributed by atoms with Crippen molar-refractivity contribution in [2.45, 2.75) is 45.1 Å². The molecule has 0 heterocycles. The van der Waals surface area contributed by atoms with Crippen LogP contribution in [-0.2, 0) is 5.41 Å². The van der Waals surface area contributed by atoms with Gasteiger partial charge in [-0.3, -0.25) is 0 Å². The zero-order valence-electron chi connectivity index (χ0n) is 10.7. The Hall–Kier alpha value is -1.08. The second-order valence-electron chi connectivity index (χ2n) is 5.34. The first-order valence-electron chi connectivity index (χ1n) is 5.92. The van der Waals surface area contributed by atoms with Crippen molar-refractivity contribution in [2.24, 2.45) is 5.73 Å². The molecule has 0 saturated carbocycles. The minimum atomic E-state index is 0.131. The first kappa shape index (κ1) is 13.0. The molecule has 0 radical (unpaired) electrons. The maximum absolute atomic E-state index is 6.09. The van der Waals surface area contributed by atoms with Crippen molar-refractivity contribution in [3.8, 4) is 0 Å². The second-order valence-corrected chi connectivity index (χ2v) is 5.34. The molecule has 0 fully saturated rings. The first-order valence-corrected chi connectivity index (χ1v) is 5.92. The normalized spacial score (nSPS) is 13.5. The van der Waals surface area contributed by atoms with Crippen molar-refractivity contribution in [1.29, 1.82) is 0 Å². The van der Waals surface area contributed by atoms with Gasteiger partial charge in [0.1, 0.15) is 0 Å². The highest BCUT2D eigenvalue weighted by atomic mass is 14.6. The number of hydrogen-bond donors (Lipinski definition) is 1. The van der Waals surface area contributed by atoms with Crippen LogP contribution in [-0.4, -0.2) is 0 Å². The van der Waals surface area contributed by atoms with E-state index in [0.717, 1.165) is 12.8 Å². The van der Waals surface area contributed by atoms with Gasteiger partial charge in [0.2, 0.25) is 0 Å². The molecule has 0 saturated heterocycles. The van der Waals surface area contributed by atoms with E-state index in [1.165, 1.54) is 11.1 Å². The number of hydrogen-bond acceptors (Lipinski definition) is 1. The van der Waals surface area contributed by atoms with Gasteiger partial charge in [0.05, 0.1) is 0 Å². The third kappa shape index (κ3) is 3.49. The number of rotatable bonds is 4. The maximum atomic E-state index is 6.09. The average Bonchev–Trinajstić information content (AvgIpc) is 2.25. The molecular formula is C15H23N. The summed E-state index contributed by atoms with van der Waals surface area (Å²) in [6, 6.07) is 8.79. The fraction of sp³-hybridized carbons (Fsp3) is 0.467. The Labute approximate surface area is 99.4 Å². The van der Waals surface area contributed by atoms with Gasteiger partial charge in [-0.2, -0.15) is 0 Å². The highest BCUT2D eigenvalue weighted by Crippen LogP contribution is 2.24. The Morgan fingerprint density at radius 2 is 1.81 bits per heavy atom. The summed E-state index contributed by atoms with van der Waals surface area (Å²) in [7, 11) is 0. The Bertz CT molecular complexity index is 329. The molecule has 0 aliphatic carbocycles. The molecule has 88 valence electrons. The van der Waals surface area contributed by atoms with Crippen LogP contribution in [0, 0.1) is 0 Å². The average molecular weight is 217 g/mol.